The molecule has 20 heavy (non-hydrogen) atoms. The van der Waals surface area contributed by atoms with Gasteiger partial charge in [-0.05, 0) is 35.8 Å². The van der Waals surface area contributed by atoms with Crippen LogP contribution in [0.15, 0.2) is 24.5 Å². The van der Waals surface area contributed by atoms with Crippen molar-refractivity contribution in [3.05, 3.63) is 24.5 Å². The highest BCUT2D eigenvalue weighted by atomic mass is 33.1. The van der Waals surface area contributed by atoms with Gasteiger partial charge in [0.2, 0.25) is 0 Å². The topological polar surface area (TPSA) is 59.3 Å². The number of rotatable bonds is 12. The van der Waals surface area contributed by atoms with Gasteiger partial charge in [-0.2, -0.15) is 8.42 Å². The van der Waals surface area contributed by atoms with Gasteiger partial charge in [-0.1, -0.05) is 38.5 Å². The van der Waals surface area contributed by atoms with Crippen molar-refractivity contribution in [1.29, 1.82) is 0 Å². The smallest absolute Gasteiger partial charge is 0.319 e. The fourth-order valence-electron chi connectivity index (χ4n) is 2.14. The largest absolute Gasteiger partial charge is 0.354 e. The first-order chi connectivity index (χ1) is 9.58. The van der Waals surface area contributed by atoms with E-state index >= 15 is 0 Å². The van der Waals surface area contributed by atoms with Crippen LogP contribution in [0.5, 0.6) is 0 Å². The van der Waals surface area contributed by atoms with E-state index in [1.165, 1.54) is 32.1 Å². The lowest BCUT2D eigenvalue weighted by molar-refractivity contribution is 0.503. The lowest BCUT2D eigenvalue weighted by Crippen LogP contribution is -1.93. The van der Waals surface area contributed by atoms with Crippen LogP contribution in [0.1, 0.15) is 51.4 Å². The molecular formula is C14H25NO3S2. The van der Waals surface area contributed by atoms with E-state index in [0.29, 0.717) is 16.5 Å². The molecule has 0 unspecified atom stereocenters. The molecule has 0 amide bonds. The minimum atomic E-state index is -3.84. The number of hydrogen-bond donors (Lipinski definition) is 1. The van der Waals surface area contributed by atoms with Gasteiger partial charge in [-0.25, -0.2) is 0 Å². The summed E-state index contributed by atoms with van der Waals surface area (Å²) in [5.41, 5.74) is 0. The highest BCUT2D eigenvalue weighted by Gasteiger charge is 2.03. The van der Waals surface area contributed by atoms with Crippen LogP contribution in [0.25, 0.3) is 0 Å². The third-order valence-corrected chi connectivity index (χ3v) is 5.36. The van der Waals surface area contributed by atoms with E-state index in [-0.39, 0.29) is 0 Å². The molecule has 1 heterocycles. The summed E-state index contributed by atoms with van der Waals surface area (Å²) < 4.78 is 31.7. The van der Waals surface area contributed by atoms with Gasteiger partial charge < -0.3 is 4.57 Å². The van der Waals surface area contributed by atoms with Gasteiger partial charge >= 0.3 is 9.15 Å². The molecule has 4 nitrogen and oxygen atoms in total. The molecule has 0 spiro atoms. The summed E-state index contributed by atoms with van der Waals surface area (Å²) in [5, 5.41) is 0. The van der Waals surface area contributed by atoms with Crippen molar-refractivity contribution in [2.45, 2.75) is 57.9 Å². The molecule has 0 aliphatic heterocycles. The predicted molar refractivity (Wildman–Crippen MR) is 85.4 cm³/mol. The predicted octanol–water partition coefficient (Wildman–Crippen LogP) is 4.14. The molecule has 6 heteroatoms. The molecule has 1 N–H and O–H groups in total. The molecule has 0 radical (unpaired) electrons. The Morgan fingerprint density at radius 1 is 0.850 bits per heavy atom. The molecule has 0 aromatic carbocycles. The van der Waals surface area contributed by atoms with Crippen molar-refractivity contribution in [3.8, 4) is 0 Å². The van der Waals surface area contributed by atoms with E-state index < -0.39 is 9.15 Å². The number of hydrogen-bond acceptors (Lipinski definition) is 3. The third-order valence-electron chi connectivity index (χ3n) is 3.21. The standard InChI is InChI=1S/C14H25NO3S2/c16-20(17,18)19-14-10-6-4-2-1-3-5-7-11-15-12-8-9-13-15/h8-9,12-13H,1-7,10-11,14H2,(H,16,17,18). The summed E-state index contributed by atoms with van der Waals surface area (Å²) in [6, 6.07) is 4.11. The number of nitrogens with zero attached hydrogens (tertiary/aromatic N) is 1. The second-order valence-corrected chi connectivity index (χ2v) is 8.47. The minimum absolute atomic E-state index is 0.496. The molecule has 0 bridgehead atoms. The van der Waals surface area contributed by atoms with Gasteiger partial charge in [0.25, 0.3) is 0 Å². The molecule has 0 fully saturated rings. The average molecular weight is 319 g/mol. The molecule has 0 aliphatic rings. The highest BCUT2D eigenvalue weighted by Crippen LogP contribution is 2.14. The Bertz CT molecular complexity index is 429. The van der Waals surface area contributed by atoms with Crippen molar-refractivity contribution in [2.24, 2.45) is 0 Å². The summed E-state index contributed by atoms with van der Waals surface area (Å²) in [6.07, 6.45) is 13.5. The van der Waals surface area contributed by atoms with Crippen LogP contribution in [0.3, 0.4) is 0 Å². The normalized spacial score (nSPS) is 11.8. The molecule has 0 aliphatic carbocycles. The molecule has 1 rings (SSSR count). The Kier molecular flexibility index (Phi) is 9.05. The van der Waals surface area contributed by atoms with Crippen LogP contribution >= 0.6 is 10.8 Å². The van der Waals surface area contributed by atoms with Gasteiger partial charge in [0.05, 0.1) is 0 Å². The highest BCUT2D eigenvalue weighted by molar-refractivity contribution is 8.69. The first kappa shape index (κ1) is 17.6. The molecule has 0 atom stereocenters. The lowest BCUT2D eigenvalue weighted by Gasteiger charge is -2.03. The molecule has 1 aromatic rings. The van der Waals surface area contributed by atoms with Crippen molar-refractivity contribution in [2.75, 3.05) is 5.75 Å². The monoisotopic (exact) mass is 319 g/mol. The first-order valence-corrected chi connectivity index (χ1v) is 10.2. The molecule has 116 valence electrons. The summed E-state index contributed by atoms with van der Waals surface area (Å²) in [7, 11) is -3.20. The van der Waals surface area contributed by atoms with Gasteiger partial charge in [-0.3, -0.25) is 4.55 Å². The SMILES string of the molecule is O=S(=O)(O)SCCCCCCCCCCn1cccc1. The Labute approximate surface area is 126 Å². The van der Waals surface area contributed by atoms with Crippen molar-refractivity contribution in [1.82, 2.24) is 4.57 Å². The quantitative estimate of drug-likeness (QED) is 0.357. The van der Waals surface area contributed by atoms with Crippen LogP contribution in [0.4, 0.5) is 0 Å². The second-order valence-electron chi connectivity index (χ2n) is 5.00. The molecule has 0 saturated carbocycles. The molecule has 1 aromatic heterocycles. The Morgan fingerprint density at radius 2 is 1.35 bits per heavy atom. The maximum atomic E-state index is 10.5. The van der Waals surface area contributed by atoms with Crippen LogP contribution < -0.4 is 0 Å². The third kappa shape index (κ3) is 10.3. The maximum absolute atomic E-state index is 10.5. The van der Waals surface area contributed by atoms with Crippen LogP contribution in [0.2, 0.25) is 0 Å². The van der Waals surface area contributed by atoms with E-state index in [1.807, 2.05) is 0 Å². The van der Waals surface area contributed by atoms with Gasteiger partial charge in [0, 0.05) is 24.7 Å². The first-order valence-electron chi connectivity index (χ1n) is 7.30. The van der Waals surface area contributed by atoms with Crippen molar-refractivity contribution in [3.63, 3.8) is 0 Å². The maximum Gasteiger partial charge on any atom is 0.319 e. The summed E-state index contributed by atoms with van der Waals surface area (Å²) in [6.45, 7) is 1.11. The van der Waals surface area contributed by atoms with E-state index in [4.69, 9.17) is 4.55 Å². The van der Waals surface area contributed by atoms with Crippen molar-refractivity contribution < 1.29 is 13.0 Å². The minimum Gasteiger partial charge on any atom is -0.354 e. The van der Waals surface area contributed by atoms with E-state index in [9.17, 15) is 8.42 Å². The second kappa shape index (κ2) is 10.3. The number of aryl methyl sites for hydroxylation is 1. The summed E-state index contributed by atoms with van der Waals surface area (Å²) in [4.78, 5) is 0. The summed E-state index contributed by atoms with van der Waals surface area (Å²) >= 11 is 0. The number of unbranched alkanes of at least 4 members (excludes halogenated alkanes) is 7. The van der Waals surface area contributed by atoms with E-state index in [0.717, 1.165) is 25.8 Å². The van der Waals surface area contributed by atoms with E-state index in [1.54, 1.807) is 0 Å². The number of aromatic nitrogens is 1. The lowest BCUT2D eigenvalue weighted by atomic mass is 10.1. The Hall–Kier alpha value is -0.460. The zero-order valence-electron chi connectivity index (χ0n) is 11.9. The Balaban J connectivity index is 1.79. The van der Waals surface area contributed by atoms with Gasteiger partial charge in [0.1, 0.15) is 0 Å². The zero-order valence-corrected chi connectivity index (χ0v) is 13.5. The zero-order chi connectivity index (χ0) is 14.7. The Morgan fingerprint density at radius 3 is 1.90 bits per heavy atom. The molecule has 0 saturated heterocycles. The van der Waals surface area contributed by atoms with Crippen LogP contribution in [0, 0.1) is 0 Å². The fraction of sp³-hybridized carbons (Fsp3) is 0.714. The van der Waals surface area contributed by atoms with Crippen LogP contribution in [-0.2, 0) is 15.7 Å². The van der Waals surface area contributed by atoms with E-state index in [2.05, 4.69) is 29.1 Å². The fourth-order valence-corrected chi connectivity index (χ4v) is 3.66. The van der Waals surface area contributed by atoms with Gasteiger partial charge in [-0.15, -0.1) is 0 Å². The average Bonchev–Trinajstić information content (AvgIpc) is 2.87. The van der Waals surface area contributed by atoms with Crippen molar-refractivity contribution >= 4 is 19.9 Å². The van der Waals surface area contributed by atoms with Crippen LogP contribution in [-0.4, -0.2) is 23.3 Å². The molecular weight excluding hydrogens is 294 g/mol. The summed E-state index contributed by atoms with van der Waals surface area (Å²) in [5.74, 6) is 0.496. The van der Waals surface area contributed by atoms with Gasteiger partial charge in [0.15, 0.2) is 0 Å².